The van der Waals surface area contributed by atoms with Crippen LogP contribution in [0.25, 0.3) is 10.9 Å². The van der Waals surface area contributed by atoms with E-state index in [0.29, 0.717) is 97.2 Å². The molecule has 4 aromatic rings. The lowest BCUT2D eigenvalue weighted by Gasteiger charge is -2.37. The molecule has 0 atom stereocenters. The lowest BCUT2D eigenvalue weighted by atomic mass is 10.0. The number of pyridine rings is 1. The van der Waals surface area contributed by atoms with Crippen LogP contribution in [-0.4, -0.2) is 81.9 Å². The van der Waals surface area contributed by atoms with E-state index in [0.717, 1.165) is 0 Å². The van der Waals surface area contributed by atoms with Gasteiger partial charge in [-0.15, -0.1) is 0 Å². The second-order valence-electron chi connectivity index (χ2n) is 9.88. The standard InChI is InChI=1S/C30H32N8O5/c1-3-23-27(29(39)40)28(36-12-14-37(15-13-36)30(41)34-21-7-5-20(19-31)6-8-21)22-17-25(42-2)26(18-24(22)35-23)43-16-4-11-38-32-9-10-33-38/h5-10,17-18H,3-4,11-16H2,1-2H3,(H,34,41)(H,39,40). The minimum Gasteiger partial charge on any atom is -0.493 e. The molecule has 0 spiro atoms. The smallest absolute Gasteiger partial charge is 0.339 e. The molecule has 43 heavy (non-hydrogen) atoms. The number of hydrogen-bond donors (Lipinski definition) is 2. The Morgan fingerprint density at radius 3 is 2.42 bits per heavy atom. The Morgan fingerprint density at radius 2 is 1.79 bits per heavy atom. The molecule has 0 bridgehead atoms. The highest BCUT2D eigenvalue weighted by Crippen LogP contribution is 2.39. The Kier molecular flexibility index (Phi) is 8.85. The number of urea groups is 1. The van der Waals surface area contributed by atoms with E-state index in [1.165, 1.54) is 0 Å². The molecular weight excluding hydrogens is 552 g/mol. The highest BCUT2D eigenvalue weighted by molar-refractivity contribution is 6.06. The second-order valence-corrected chi connectivity index (χ2v) is 9.88. The number of rotatable bonds is 10. The molecule has 0 unspecified atom stereocenters. The van der Waals surface area contributed by atoms with Crippen LogP contribution < -0.4 is 19.7 Å². The van der Waals surface area contributed by atoms with E-state index in [1.54, 1.807) is 65.6 Å². The molecule has 2 aromatic heterocycles. The van der Waals surface area contributed by atoms with Gasteiger partial charge in [0, 0.05) is 49.7 Å². The van der Waals surface area contributed by atoms with Gasteiger partial charge in [-0.25, -0.2) is 9.59 Å². The fraction of sp³-hybridized carbons (Fsp3) is 0.333. The number of anilines is 2. The highest BCUT2D eigenvalue weighted by Gasteiger charge is 2.29. The predicted octanol–water partition coefficient (Wildman–Crippen LogP) is 3.79. The Balaban J connectivity index is 1.38. The van der Waals surface area contributed by atoms with Crippen LogP contribution in [0.3, 0.4) is 0 Å². The average molecular weight is 585 g/mol. The van der Waals surface area contributed by atoms with Gasteiger partial charge in [0.15, 0.2) is 11.5 Å². The molecular formula is C30H32N8O5. The zero-order chi connectivity index (χ0) is 30.3. The maximum atomic E-state index is 12.9. The molecule has 222 valence electrons. The number of nitriles is 1. The molecule has 1 fully saturated rings. The van der Waals surface area contributed by atoms with Crippen molar-refractivity contribution in [3.63, 3.8) is 0 Å². The van der Waals surface area contributed by atoms with E-state index in [2.05, 4.69) is 21.6 Å². The first-order chi connectivity index (χ1) is 20.9. The molecule has 13 nitrogen and oxygen atoms in total. The van der Waals surface area contributed by atoms with Gasteiger partial charge in [0.2, 0.25) is 0 Å². The van der Waals surface area contributed by atoms with Crippen LogP contribution in [0.1, 0.15) is 35.0 Å². The maximum Gasteiger partial charge on any atom is 0.339 e. The molecule has 3 heterocycles. The predicted molar refractivity (Wildman–Crippen MR) is 159 cm³/mol. The summed E-state index contributed by atoms with van der Waals surface area (Å²) in [6, 6.07) is 12.0. The Morgan fingerprint density at radius 1 is 1.07 bits per heavy atom. The minimum atomic E-state index is -1.06. The molecule has 0 saturated carbocycles. The van der Waals surface area contributed by atoms with Crippen LogP contribution in [0.2, 0.25) is 0 Å². The third-order valence-corrected chi connectivity index (χ3v) is 7.24. The number of ether oxygens (including phenoxy) is 2. The number of nitrogens with one attached hydrogen (secondary N) is 1. The minimum absolute atomic E-state index is 0.146. The largest absolute Gasteiger partial charge is 0.493 e. The normalized spacial score (nSPS) is 13.0. The van der Waals surface area contributed by atoms with Crippen molar-refractivity contribution in [2.45, 2.75) is 26.3 Å². The number of benzene rings is 2. The first-order valence-corrected chi connectivity index (χ1v) is 14.0. The zero-order valence-corrected chi connectivity index (χ0v) is 24.0. The van der Waals surface area contributed by atoms with Crippen LogP contribution in [-0.2, 0) is 13.0 Å². The molecule has 2 N–H and O–H groups in total. The molecule has 2 aromatic carbocycles. The van der Waals surface area contributed by atoms with Gasteiger partial charge in [-0.3, -0.25) is 4.98 Å². The van der Waals surface area contributed by atoms with E-state index in [1.807, 2.05) is 11.8 Å². The molecule has 5 rings (SSSR count). The number of piperazine rings is 1. The fourth-order valence-electron chi connectivity index (χ4n) is 5.10. The van der Waals surface area contributed by atoms with Crippen molar-refractivity contribution in [3.05, 3.63) is 65.6 Å². The van der Waals surface area contributed by atoms with Crippen LogP contribution in [0.5, 0.6) is 11.5 Å². The molecule has 0 radical (unpaired) electrons. The lowest BCUT2D eigenvalue weighted by Crippen LogP contribution is -2.50. The molecule has 0 aliphatic carbocycles. The summed E-state index contributed by atoms with van der Waals surface area (Å²) in [6.45, 7) is 4.49. The summed E-state index contributed by atoms with van der Waals surface area (Å²) in [5.41, 5.74) is 2.87. The summed E-state index contributed by atoms with van der Waals surface area (Å²) in [5, 5.41) is 31.0. The topological polar surface area (TPSA) is 159 Å². The third kappa shape index (κ3) is 6.43. The number of amides is 2. The number of fused-ring (bicyclic) bond motifs is 1. The van der Waals surface area contributed by atoms with Gasteiger partial charge >= 0.3 is 12.0 Å². The molecule has 1 aliphatic heterocycles. The summed E-state index contributed by atoms with van der Waals surface area (Å²) >= 11 is 0. The Bertz CT molecular complexity index is 1640. The van der Waals surface area contributed by atoms with Gasteiger partial charge in [-0.1, -0.05) is 6.92 Å². The average Bonchev–Trinajstić information content (AvgIpc) is 3.55. The highest BCUT2D eigenvalue weighted by atomic mass is 16.5. The van der Waals surface area contributed by atoms with Gasteiger partial charge in [0.25, 0.3) is 0 Å². The summed E-state index contributed by atoms with van der Waals surface area (Å²) in [5.74, 6) is -0.0844. The van der Waals surface area contributed by atoms with Crippen LogP contribution >= 0.6 is 0 Å². The number of carbonyl (C=O) groups is 2. The first kappa shape index (κ1) is 29.1. The second kappa shape index (κ2) is 13.1. The number of aromatic carboxylic acids is 1. The number of carbonyl (C=O) groups excluding carboxylic acids is 1. The number of methoxy groups -OCH3 is 1. The summed E-state index contributed by atoms with van der Waals surface area (Å²) in [4.78, 5) is 35.5. The SMILES string of the molecule is CCc1nc2cc(OCCCn3nccn3)c(OC)cc2c(N2CCN(C(=O)Nc3ccc(C#N)cc3)CC2)c1C(=O)O. The quantitative estimate of drug-likeness (QED) is 0.263. The zero-order valence-electron chi connectivity index (χ0n) is 24.0. The first-order valence-electron chi connectivity index (χ1n) is 14.0. The van der Waals surface area contributed by atoms with Crippen molar-refractivity contribution in [2.24, 2.45) is 0 Å². The van der Waals surface area contributed by atoms with Crippen molar-refractivity contribution >= 4 is 34.3 Å². The molecule has 2 amide bonds. The number of carboxylic acid groups (broad SMARTS) is 1. The maximum absolute atomic E-state index is 12.9. The number of aryl methyl sites for hydroxylation is 2. The van der Waals surface area contributed by atoms with E-state index < -0.39 is 5.97 Å². The van der Waals surface area contributed by atoms with Crippen molar-refractivity contribution in [2.75, 3.05) is 50.1 Å². The Labute approximate surface area is 248 Å². The summed E-state index contributed by atoms with van der Waals surface area (Å²) < 4.78 is 11.7. The van der Waals surface area contributed by atoms with Gasteiger partial charge < -0.3 is 29.7 Å². The van der Waals surface area contributed by atoms with Gasteiger partial charge in [0.1, 0.15) is 5.56 Å². The summed E-state index contributed by atoms with van der Waals surface area (Å²) in [6.07, 6.45) is 4.35. The van der Waals surface area contributed by atoms with Crippen molar-refractivity contribution in [1.82, 2.24) is 24.9 Å². The fourth-order valence-corrected chi connectivity index (χ4v) is 5.10. The van der Waals surface area contributed by atoms with Crippen molar-refractivity contribution in [1.29, 1.82) is 5.26 Å². The van der Waals surface area contributed by atoms with Crippen LogP contribution in [0, 0.1) is 11.3 Å². The van der Waals surface area contributed by atoms with Gasteiger partial charge in [-0.05, 0) is 36.8 Å². The van der Waals surface area contributed by atoms with Gasteiger partial charge in [0.05, 0.1) is 61.2 Å². The molecule has 1 aliphatic rings. The van der Waals surface area contributed by atoms with E-state index in [9.17, 15) is 14.7 Å². The van der Waals surface area contributed by atoms with E-state index in [4.69, 9.17) is 19.7 Å². The van der Waals surface area contributed by atoms with Crippen molar-refractivity contribution < 1.29 is 24.2 Å². The molecule has 1 saturated heterocycles. The van der Waals surface area contributed by atoms with Crippen LogP contribution in [0.4, 0.5) is 16.2 Å². The third-order valence-electron chi connectivity index (χ3n) is 7.24. The number of nitrogens with zero attached hydrogens (tertiary/aromatic N) is 7. The number of carboxylic acids is 1. The lowest BCUT2D eigenvalue weighted by molar-refractivity contribution is 0.0695. The Hall–Kier alpha value is -5.38. The number of aromatic nitrogens is 4. The van der Waals surface area contributed by atoms with E-state index in [-0.39, 0.29) is 11.6 Å². The van der Waals surface area contributed by atoms with Crippen molar-refractivity contribution in [3.8, 4) is 17.6 Å². The molecule has 13 heteroatoms. The monoisotopic (exact) mass is 584 g/mol. The summed E-state index contributed by atoms with van der Waals surface area (Å²) in [7, 11) is 1.54. The van der Waals surface area contributed by atoms with Crippen LogP contribution in [0.15, 0.2) is 48.8 Å². The van der Waals surface area contributed by atoms with E-state index >= 15 is 0 Å². The van der Waals surface area contributed by atoms with Gasteiger partial charge in [-0.2, -0.15) is 20.3 Å². The number of hydrogen-bond acceptors (Lipinski definition) is 9.